The Balaban J connectivity index is 2.10. The Hall–Kier alpha value is -2.12. The Morgan fingerprint density at radius 3 is 2.54 bits per heavy atom. The maximum absolute atomic E-state index is 12.3. The largest absolute Gasteiger partial charge is 0.357 e. The average Bonchev–Trinajstić information content (AvgIpc) is 2.92. The molecular formula is C17H23N3O3S. The summed E-state index contributed by atoms with van der Waals surface area (Å²) in [6.07, 6.45) is 4.68. The summed E-state index contributed by atoms with van der Waals surface area (Å²) in [5.41, 5.74) is 2.09. The van der Waals surface area contributed by atoms with Crippen LogP contribution in [-0.2, 0) is 23.5 Å². The minimum absolute atomic E-state index is 0.156. The van der Waals surface area contributed by atoms with Crippen LogP contribution in [0.2, 0.25) is 0 Å². The zero-order chi connectivity index (χ0) is 17.9. The quantitative estimate of drug-likeness (QED) is 0.860. The molecule has 0 aliphatic carbocycles. The number of benzene rings is 1. The van der Waals surface area contributed by atoms with Crippen molar-refractivity contribution in [1.29, 1.82) is 0 Å². The lowest BCUT2D eigenvalue weighted by atomic mass is 10.1. The topological polar surface area (TPSA) is 71.4 Å². The number of nitrogens with zero attached hydrogens (tertiary/aromatic N) is 2. The molecule has 2 rings (SSSR count). The fourth-order valence-corrected chi connectivity index (χ4v) is 3.49. The summed E-state index contributed by atoms with van der Waals surface area (Å²) in [4.78, 5) is 12.4. The van der Waals surface area contributed by atoms with Gasteiger partial charge in [-0.1, -0.05) is 6.07 Å². The highest BCUT2D eigenvalue weighted by Gasteiger charge is 2.21. The molecule has 0 bridgehead atoms. The lowest BCUT2D eigenvalue weighted by molar-refractivity contribution is 0.0954. The van der Waals surface area contributed by atoms with E-state index >= 15 is 0 Å². The van der Waals surface area contributed by atoms with Gasteiger partial charge in [0.25, 0.3) is 5.91 Å². The van der Waals surface area contributed by atoms with Gasteiger partial charge < -0.3 is 9.88 Å². The van der Waals surface area contributed by atoms with Crippen molar-refractivity contribution in [1.82, 2.24) is 14.2 Å². The molecule has 1 heterocycles. The molecule has 0 spiro atoms. The molecule has 1 aromatic heterocycles. The van der Waals surface area contributed by atoms with E-state index in [1.54, 1.807) is 19.1 Å². The van der Waals surface area contributed by atoms with Gasteiger partial charge in [0.15, 0.2) is 0 Å². The Bertz CT molecular complexity index is 839. The standard InChI is InChI=1S/C17H23N3O3S/c1-13-5-6-15(11-16(13)24(22,23)19(2)3)17(21)18-9-7-14-8-10-20(4)12-14/h5-6,8,10-12H,7,9H2,1-4H3,(H,18,21). The fourth-order valence-electron chi connectivity index (χ4n) is 2.35. The Morgan fingerprint density at radius 2 is 1.96 bits per heavy atom. The van der Waals surface area contributed by atoms with Crippen LogP contribution in [0.15, 0.2) is 41.6 Å². The van der Waals surface area contributed by atoms with Crippen molar-refractivity contribution in [3.8, 4) is 0 Å². The third kappa shape index (κ3) is 4.04. The van der Waals surface area contributed by atoms with Crippen LogP contribution in [0.25, 0.3) is 0 Å². The second-order valence-corrected chi connectivity index (χ2v) is 8.08. The van der Waals surface area contributed by atoms with Gasteiger partial charge in [-0.25, -0.2) is 12.7 Å². The molecular weight excluding hydrogens is 326 g/mol. The SMILES string of the molecule is Cc1ccc(C(=O)NCCc2ccn(C)c2)cc1S(=O)(=O)N(C)C. The molecule has 1 aromatic carbocycles. The minimum Gasteiger partial charge on any atom is -0.357 e. The zero-order valence-corrected chi connectivity index (χ0v) is 15.2. The molecule has 1 N–H and O–H groups in total. The monoisotopic (exact) mass is 349 g/mol. The number of sulfonamides is 1. The van der Waals surface area contributed by atoms with E-state index in [2.05, 4.69) is 5.32 Å². The van der Waals surface area contributed by atoms with Crippen molar-refractivity contribution in [3.63, 3.8) is 0 Å². The number of aryl methyl sites for hydroxylation is 2. The van der Waals surface area contributed by atoms with Gasteiger partial charge in [-0.2, -0.15) is 0 Å². The van der Waals surface area contributed by atoms with E-state index < -0.39 is 10.0 Å². The maximum atomic E-state index is 12.3. The van der Waals surface area contributed by atoms with E-state index in [9.17, 15) is 13.2 Å². The van der Waals surface area contributed by atoms with Crippen LogP contribution in [0, 0.1) is 6.92 Å². The molecule has 6 nitrogen and oxygen atoms in total. The van der Waals surface area contributed by atoms with Crippen molar-refractivity contribution < 1.29 is 13.2 Å². The molecule has 0 radical (unpaired) electrons. The van der Waals surface area contributed by atoms with Crippen LogP contribution in [-0.4, -0.2) is 43.8 Å². The summed E-state index contributed by atoms with van der Waals surface area (Å²) in [6, 6.07) is 6.73. The predicted octanol–water partition coefficient (Wildman–Crippen LogP) is 1.56. The van der Waals surface area contributed by atoms with Gasteiger partial charge in [0.1, 0.15) is 0 Å². The van der Waals surface area contributed by atoms with Crippen LogP contribution in [0.5, 0.6) is 0 Å². The van der Waals surface area contributed by atoms with Crippen LogP contribution < -0.4 is 5.32 Å². The highest BCUT2D eigenvalue weighted by atomic mass is 32.2. The van der Waals surface area contributed by atoms with Crippen LogP contribution >= 0.6 is 0 Å². The number of carbonyl (C=O) groups excluding carboxylic acids is 1. The Labute approximate surface area is 143 Å². The normalized spacial score (nSPS) is 11.7. The molecule has 2 aromatic rings. The molecule has 1 amide bonds. The lowest BCUT2D eigenvalue weighted by Crippen LogP contribution is -2.27. The van der Waals surface area contributed by atoms with Gasteiger partial charge in [-0.3, -0.25) is 4.79 Å². The minimum atomic E-state index is -3.57. The predicted molar refractivity (Wildman–Crippen MR) is 93.5 cm³/mol. The third-order valence-corrected chi connectivity index (χ3v) is 5.76. The van der Waals surface area contributed by atoms with Crippen molar-refractivity contribution in [2.24, 2.45) is 7.05 Å². The van der Waals surface area contributed by atoms with Crippen molar-refractivity contribution in [3.05, 3.63) is 53.3 Å². The maximum Gasteiger partial charge on any atom is 0.251 e. The molecule has 130 valence electrons. The number of hydrogen-bond acceptors (Lipinski definition) is 3. The van der Waals surface area contributed by atoms with Crippen LogP contribution in [0.1, 0.15) is 21.5 Å². The second-order valence-electron chi connectivity index (χ2n) is 5.96. The number of rotatable bonds is 6. The van der Waals surface area contributed by atoms with Gasteiger partial charge in [0, 0.05) is 45.6 Å². The molecule has 0 fully saturated rings. The van der Waals surface area contributed by atoms with Gasteiger partial charge in [0.2, 0.25) is 10.0 Å². The Kier molecular flexibility index (Phi) is 5.46. The highest BCUT2D eigenvalue weighted by Crippen LogP contribution is 2.19. The lowest BCUT2D eigenvalue weighted by Gasteiger charge is -2.14. The van der Waals surface area contributed by atoms with Gasteiger partial charge in [-0.15, -0.1) is 0 Å². The summed E-state index contributed by atoms with van der Waals surface area (Å²) in [6.45, 7) is 2.21. The first-order valence-corrected chi connectivity index (χ1v) is 9.08. The Morgan fingerprint density at radius 1 is 1.25 bits per heavy atom. The number of amides is 1. The summed E-state index contributed by atoms with van der Waals surface area (Å²) in [5.74, 6) is -0.277. The van der Waals surface area contributed by atoms with Crippen molar-refractivity contribution in [2.45, 2.75) is 18.2 Å². The summed E-state index contributed by atoms with van der Waals surface area (Å²) < 4.78 is 27.7. The van der Waals surface area contributed by atoms with E-state index in [1.807, 2.05) is 30.1 Å². The number of nitrogens with one attached hydrogen (secondary N) is 1. The summed E-state index contributed by atoms with van der Waals surface area (Å²) in [7, 11) is 1.32. The van der Waals surface area contributed by atoms with Crippen molar-refractivity contribution >= 4 is 15.9 Å². The van der Waals surface area contributed by atoms with E-state index in [1.165, 1.54) is 20.2 Å². The molecule has 0 aliphatic heterocycles. The zero-order valence-electron chi connectivity index (χ0n) is 14.4. The first-order chi connectivity index (χ1) is 11.2. The van der Waals surface area contributed by atoms with E-state index in [-0.39, 0.29) is 10.8 Å². The second kappa shape index (κ2) is 7.19. The number of carbonyl (C=O) groups is 1. The first kappa shape index (κ1) is 18.2. The number of aromatic nitrogens is 1. The van der Waals surface area contributed by atoms with Gasteiger partial charge in [-0.05, 0) is 42.7 Å². The molecule has 0 saturated carbocycles. The van der Waals surface area contributed by atoms with Crippen molar-refractivity contribution in [2.75, 3.05) is 20.6 Å². The number of hydrogen-bond donors (Lipinski definition) is 1. The molecule has 24 heavy (non-hydrogen) atoms. The smallest absolute Gasteiger partial charge is 0.251 e. The van der Waals surface area contributed by atoms with Gasteiger partial charge in [0.05, 0.1) is 4.90 Å². The third-order valence-electron chi connectivity index (χ3n) is 3.80. The molecule has 0 unspecified atom stereocenters. The van der Waals surface area contributed by atoms with E-state index in [0.29, 0.717) is 17.7 Å². The van der Waals surface area contributed by atoms with E-state index in [4.69, 9.17) is 0 Å². The fraction of sp³-hybridized carbons (Fsp3) is 0.353. The average molecular weight is 349 g/mol. The highest BCUT2D eigenvalue weighted by molar-refractivity contribution is 7.89. The molecule has 0 aliphatic rings. The molecule has 0 atom stereocenters. The van der Waals surface area contributed by atoms with Gasteiger partial charge >= 0.3 is 0 Å². The van der Waals surface area contributed by atoms with Crippen LogP contribution in [0.3, 0.4) is 0 Å². The van der Waals surface area contributed by atoms with E-state index in [0.717, 1.165) is 16.3 Å². The summed E-state index contributed by atoms with van der Waals surface area (Å²) in [5, 5.41) is 2.83. The molecule has 0 saturated heterocycles. The first-order valence-electron chi connectivity index (χ1n) is 7.64. The van der Waals surface area contributed by atoms with Crippen LogP contribution in [0.4, 0.5) is 0 Å². The summed E-state index contributed by atoms with van der Waals surface area (Å²) >= 11 is 0. The molecule has 7 heteroatoms.